The van der Waals surface area contributed by atoms with Gasteiger partial charge in [0.1, 0.15) is 4.88 Å². The van der Waals surface area contributed by atoms with Gasteiger partial charge in [-0.25, -0.2) is 0 Å². The van der Waals surface area contributed by atoms with Gasteiger partial charge in [-0.2, -0.15) is 0 Å². The highest BCUT2D eigenvalue weighted by atomic mass is 79.9. The zero-order valence-corrected chi connectivity index (χ0v) is 11.9. The number of hydrogen-bond donors (Lipinski definition) is 1. The van der Waals surface area contributed by atoms with Crippen LogP contribution in [0.1, 0.15) is 16.1 Å². The molecule has 5 nitrogen and oxygen atoms in total. The van der Waals surface area contributed by atoms with Crippen LogP contribution < -0.4 is 0 Å². The Morgan fingerprint density at radius 3 is 3.00 bits per heavy atom. The number of aliphatic carboxylic acids is 1. The van der Waals surface area contributed by atoms with E-state index in [-0.39, 0.29) is 12.3 Å². The predicted octanol–water partition coefficient (Wildman–Crippen LogP) is 1.83. The quantitative estimate of drug-likeness (QED) is 0.916. The highest BCUT2D eigenvalue weighted by Gasteiger charge is 2.27. The lowest BCUT2D eigenvalue weighted by Gasteiger charge is -2.32. The molecular weight excluding hydrogens is 322 g/mol. The van der Waals surface area contributed by atoms with Gasteiger partial charge < -0.3 is 14.7 Å². The summed E-state index contributed by atoms with van der Waals surface area (Å²) in [6, 6.07) is 1.83. The lowest BCUT2D eigenvalue weighted by atomic mass is 10.2. The molecule has 0 unspecified atom stereocenters. The van der Waals surface area contributed by atoms with Crippen molar-refractivity contribution in [3.63, 3.8) is 0 Å². The lowest BCUT2D eigenvalue weighted by Crippen LogP contribution is -2.46. The Morgan fingerprint density at radius 1 is 1.61 bits per heavy atom. The van der Waals surface area contributed by atoms with E-state index in [2.05, 4.69) is 15.9 Å². The second-order valence-electron chi connectivity index (χ2n) is 3.94. The standard InChI is InChI=1S/C11H12BrNO4S/c12-8-1-4-18-10(8)11(16)13-2-3-17-7(6-13)5-9(14)15/h1,4,7H,2-3,5-6H2,(H,14,15)/t7-/m1/s1. The molecule has 7 heteroatoms. The molecule has 1 aliphatic rings. The number of nitrogens with zero attached hydrogens (tertiary/aromatic N) is 1. The molecule has 0 bridgehead atoms. The maximum atomic E-state index is 12.2. The summed E-state index contributed by atoms with van der Waals surface area (Å²) < 4.78 is 6.11. The van der Waals surface area contributed by atoms with Gasteiger partial charge in [-0.3, -0.25) is 9.59 Å². The normalized spacial score (nSPS) is 19.8. The summed E-state index contributed by atoms with van der Waals surface area (Å²) in [5, 5.41) is 10.6. The minimum Gasteiger partial charge on any atom is -0.481 e. The van der Waals surface area contributed by atoms with Crippen molar-refractivity contribution in [2.24, 2.45) is 0 Å². The number of morpholine rings is 1. The molecule has 2 heterocycles. The third-order valence-electron chi connectivity index (χ3n) is 2.64. The molecule has 0 aliphatic carbocycles. The first kappa shape index (κ1) is 13.5. The van der Waals surface area contributed by atoms with Gasteiger partial charge in [-0.15, -0.1) is 11.3 Å². The van der Waals surface area contributed by atoms with Crippen LogP contribution in [0.3, 0.4) is 0 Å². The summed E-state index contributed by atoms with van der Waals surface area (Å²) in [5.41, 5.74) is 0. The van der Waals surface area contributed by atoms with E-state index < -0.39 is 12.1 Å². The van der Waals surface area contributed by atoms with E-state index in [1.165, 1.54) is 11.3 Å². The zero-order chi connectivity index (χ0) is 13.1. The SMILES string of the molecule is O=C(O)C[C@@H]1CN(C(=O)c2sccc2Br)CCO1. The Kier molecular flexibility index (Phi) is 4.36. The van der Waals surface area contributed by atoms with Crippen LogP contribution in [0.2, 0.25) is 0 Å². The number of thiophene rings is 1. The van der Waals surface area contributed by atoms with Crippen LogP contribution in [-0.4, -0.2) is 47.7 Å². The molecule has 2 rings (SSSR count). The highest BCUT2D eigenvalue weighted by Crippen LogP contribution is 2.25. The molecule has 1 N–H and O–H groups in total. The van der Waals surface area contributed by atoms with Crippen molar-refractivity contribution in [2.75, 3.05) is 19.7 Å². The predicted molar refractivity (Wildman–Crippen MR) is 69.9 cm³/mol. The highest BCUT2D eigenvalue weighted by molar-refractivity contribution is 9.10. The number of rotatable bonds is 3. The fourth-order valence-electron chi connectivity index (χ4n) is 1.81. The summed E-state index contributed by atoms with van der Waals surface area (Å²) in [6.45, 7) is 1.21. The Bertz CT molecular complexity index is 462. The van der Waals surface area contributed by atoms with E-state index in [9.17, 15) is 9.59 Å². The maximum absolute atomic E-state index is 12.2. The number of halogens is 1. The minimum absolute atomic E-state index is 0.0736. The third-order valence-corrected chi connectivity index (χ3v) is 4.47. The van der Waals surface area contributed by atoms with Gasteiger partial charge in [-0.1, -0.05) is 0 Å². The van der Waals surface area contributed by atoms with Gasteiger partial charge in [0.25, 0.3) is 5.91 Å². The van der Waals surface area contributed by atoms with Crippen molar-refractivity contribution in [2.45, 2.75) is 12.5 Å². The summed E-state index contributed by atoms with van der Waals surface area (Å²) >= 11 is 4.70. The number of carboxylic acids is 1. The minimum atomic E-state index is -0.911. The molecule has 1 aromatic rings. The average Bonchev–Trinajstić information content (AvgIpc) is 2.74. The molecular formula is C11H12BrNO4S. The van der Waals surface area contributed by atoms with E-state index >= 15 is 0 Å². The second kappa shape index (κ2) is 5.81. The molecule has 1 aliphatic heterocycles. The molecule has 1 fully saturated rings. The van der Waals surface area contributed by atoms with Crippen LogP contribution in [0.25, 0.3) is 0 Å². The van der Waals surface area contributed by atoms with Crippen LogP contribution in [0, 0.1) is 0 Å². The summed E-state index contributed by atoms with van der Waals surface area (Å²) in [5.74, 6) is -0.984. The topological polar surface area (TPSA) is 66.8 Å². The molecule has 1 atom stereocenters. The van der Waals surface area contributed by atoms with Gasteiger partial charge >= 0.3 is 5.97 Å². The lowest BCUT2D eigenvalue weighted by molar-refractivity contribution is -0.141. The van der Waals surface area contributed by atoms with Crippen molar-refractivity contribution >= 4 is 39.1 Å². The molecule has 1 saturated heterocycles. The summed E-state index contributed by atoms with van der Waals surface area (Å²) in [6.07, 6.45) is -0.492. The van der Waals surface area contributed by atoms with Crippen molar-refractivity contribution < 1.29 is 19.4 Å². The first-order chi connectivity index (χ1) is 8.58. The summed E-state index contributed by atoms with van der Waals surface area (Å²) in [7, 11) is 0. The Hall–Kier alpha value is -0.920. The first-order valence-electron chi connectivity index (χ1n) is 5.43. The largest absolute Gasteiger partial charge is 0.481 e. The molecule has 98 valence electrons. The third kappa shape index (κ3) is 3.09. The number of carboxylic acid groups (broad SMARTS) is 1. The number of carbonyl (C=O) groups excluding carboxylic acids is 1. The second-order valence-corrected chi connectivity index (χ2v) is 5.71. The molecule has 18 heavy (non-hydrogen) atoms. The Balaban J connectivity index is 2.03. The van der Waals surface area contributed by atoms with Crippen molar-refractivity contribution in [3.05, 3.63) is 20.8 Å². The van der Waals surface area contributed by atoms with Crippen LogP contribution in [0.4, 0.5) is 0 Å². The van der Waals surface area contributed by atoms with Gasteiger partial charge in [0.15, 0.2) is 0 Å². The molecule has 0 spiro atoms. The fraction of sp³-hybridized carbons (Fsp3) is 0.455. The average molecular weight is 334 g/mol. The number of carbonyl (C=O) groups is 2. The Labute approximate surface area is 116 Å². The Morgan fingerprint density at radius 2 is 2.39 bits per heavy atom. The molecule has 0 radical (unpaired) electrons. The van der Waals surface area contributed by atoms with E-state index in [0.29, 0.717) is 24.6 Å². The van der Waals surface area contributed by atoms with Crippen molar-refractivity contribution in [1.82, 2.24) is 4.90 Å². The molecule has 0 aromatic carbocycles. The number of hydrogen-bond acceptors (Lipinski definition) is 4. The van der Waals surface area contributed by atoms with Crippen LogP contribution in [-0.2, 0) is 9.53 Å². The van der Waals surface area contributed by atoms with Crippen LogP contribution in [0.5, 0.6) is 0 Å². The molecule has 1 amide bonds. The van der Waals surface area contributed by atoms with E-state index in [4.69, 9.17) is 9.84 Å². The van der Waals surface area contributed by atoms with E-state index in [0.717, 1.165) is 4.47 Å². The molecule has 1 aromatic heterocycles. The van der Waals surface area contributed by atoms with E-state index in [1.807, 2.05) is 11.4 Å². The monoisotopic (exact) mass is 333 g/mol. The van der Waals surface area contributed by atoms with Gasteiger partial charge in [-0.05, 0) is 27.4 Å². The number of ether oxygens (including phenoxy) is 1. The van der Waals surface area contributed by atoms with E-state index in [1.54, 1.807) is 4.90 Å². The van der Waals surface area contributed by atoms with Gasteiger partial charge in [0.2, 0.25) is 0 Å². The van der Waals surface area contributed by atoms with Gasteiger partial charge in [0, 0.05) is 17.6 Å². The van der Waals surface area contributed by atoms with Gasteiger partial charge in [0.05, 0.1) is 19.1 Å². The smallest absolute Gasteiger partial charge is 0.306 e. The molecule has 0 saturated carbocycles. The van der Waals surface area contributed by atoms with Crippen molar-refractivity contribution in [3.8, 4) is 0 Å². The van der Waals surface area contributed by atoms with Crippen LogP contribution in [0.15, 0.2) is 15.9 Å². The van der Waals surface area contributed by atoms with Crippen molar-refractivity contribution in [1.29, 1.82) is 0 Å². The van der Waals surface area contributed by atoms with Crippen LogP contribution >= 0.6 is 27.3 Å². The zero-order valence-electron chi connectivity index (χ0n) is 9.47. The maximum Gasteiger partial charge on any atom is 0.306 e. The fourth-order valence-corrected chi connectivity index (χ4v) is 3.32. The number of amides is 1. The first-order valence-corrected chi connectivity index (χ1v) is 7.11. The summed E-state index contributed by atoms with van der Waals surface area (Å²) in [4.78, 5) is 25.1.